The fourth-order valence-electron chi connectivity index (χ4n) is 1.91. The van der Waals surface area contributed by atoms with Gasteiger partial charge in [-0.15, -0.1) is 6.58 Å². The summed E-state index contributed by atoms with van der Waals surface area (Å²) in [6.07, 6.45) is 9.10. The minimum atomic E-state index is 0.197. The van der Waals surface area contributed by atoms with Crippen molar-refractivity contribution in [1.82, 2.24) is 4.90 Å². The molecule has 0 bridgehead atoms. The summed E-state index contributed by atoms with van der Waals surface area (Å²) >= 11 is 1.82. The van der Waals surface area contributed by atoms with E-state index in [0.29, 0.717) is 0 Å². The predicted octanol–water partition coefficient (Wildman–Crippen LogP) is 4.41. The maximum atomic E-state index is 5.53. The first kappa shape index (κ1) is 22.3. The van der Waals surface area contributed by atoms with Crippen molar-refractivity contribution in [3.8, 4) is 0 Å². The molecule has 2 N–H and O–H groups in total. The zero-order valence-corrected chi connectivity index (χ0v) is 15.3. The Morgan fingerprint density at radius 1 is 1.30 bits per heavy atom. The zero-order valence-electron chi connectivity index (χ0n) is 14.5. The quantitative estimate of drug-likeness (QED) is 0.706. The summed E-state index contributed by atoms with van der Waals surface area (Å²) in [4.78, 5) is 2.59. The summed E-state index contributed by atoms with van der Waals surface area (Å²) < 4.78 is 0. The number of likely N-dealkylation sites (tertiary alicyclic amines) is 1. The Bertz CT molecular complexity index is 191. The molecule has 1 aliphatic heterocycles. The molecule has 1 aliphatic rings. The Kier molecular flexibility index (Phi) is 19.0. The van der Waals surface area contributed by atoms with Crippen molar-refractivity contribution in [2.45, 2.75) is 59.4 Å². The van der Waals surface area contributed by atoms with Gasteiger partial charge in [0, 0.05) is 12.6 Å². The molecule has 0 spiro atoms. The van der Waals surface area contributed by atoms with Gasteiger partial charge in [-0.3, -0.25) is 0 Å². The van der Waals surface area contributed by atoms with Crippen LogP contribution in [0.2, 0.25) is 0 Å². The van der Waals surface area contributed by atoms with Crippen LogP contribution in [0, 0.1) is 5.92 Å². The van der Waals surface area contributed by atoms with Crippen molar-refractivity contribution < 1.29 is 0 Å². The zero-order chi connectivity index (χ0) is 15.8. The van der Waals surface area contributed by atoms with Gasteiger partial charge in [-0.25, -0.2) is 0 Å². The Morgan fingerprint density at radius 3 is 2.25 bits per heavy atom. The van der Waals surface area contributed by atoms with Gasteiger partial charge in [-0.05, 0) is 50.3 Å². The van der Waals surface area contributed by atoms with E-state index in [1.165, 1.54) is 38.9 Å². The maximum absolute atomic E-state index is 5.53. The third-order valence-corrected chi connectivity index (χ3v) is 4.07. The van der Waals surface area contributed by atoms with Crippen molar-refractivity contribution in [3.63, 3.8) is 0 Å². The molecule has 2 atom stereocenters. The van der Waals surface area contributed by atoms with Crippen LogP contribution >= 0.6 is 11.8 Å². The van der Waals surface area contributed by atoms with Gasteiger partial charge >= 0.3 is 0 Å². The molecule has 1 saturated heterocycles. The molecule has 0 aromatic rings. The molecule has 20 heavy (non-hydrogen) atoms. The highest BCUT2D eigenvalue weighted by Crippen LogP contribution is 2.11. The van der Waals surface area contributed by atoms with Gasteiger partial charge in [-0.1, -0.05) is 40.2 Å². The summed E-state index contributed by atoms with van der Waals surface area (Å²) in [5, 5.41) is 0. The largest absolute Gasteiger partial charge is 0.324 e. The van der Waals surface area contributed by atoms with Crippen LogP contribution in [0.3, 0.4) is 0 Å². The lowest BCUT2D eigenvalue weighted by molar-refractivity contribution is 0.284. The number of nitrogens with zero attached hydrogens (tertiary/aromatic N) is 1. The standard InChI is InChI=1S/C9H19N.C6H13NS.C2H6/c1-3-9(2)8-10-6-4-5-7-10;1-3-6(7)4-5-8-2;1-2/h9H,3-8H2,1-2H3;3,6H,1,4-5,7H2,2H3;1-2H3. The molecule has 0 aromatic heterocycles. The van der Waals surface area contributed by atoms with Crippen LogP contribution in [0.15, 0.2) is 12.7 Å². The molecule has 0 aromatic carbocycles. The molecule has 2 unspecified atom stereocenters. The molecular weight excluding hydrogens is 264 g/mol. The van der Waals surface area contributed by atoms with Crippen LogP contribution in [0.1, 0.15) is 53.4 Å². The van der Waals surface area contributed by atoms with Crippen molar-refractivity contribution in [3.05, 3.63) is 12.7 Å². The summed E-state index contributed by atoms with van der Waals surface area (Å²) in [5.41, 5.74) is 5.53. The van der Waals surface area contributed by atoms with E-state index in [1.807, 2.05) is 25.6 Å². The highest BCUT2D eigenvalue weighted by Gasteiger charge is 2.12. The van der Waals surface area contributed by atoms with E-state index in [2.05, 4.69) is 31.6 Å². The SMILES string of the molecule is C=CC(N)CCSC.CC.CCC(C)CN1CCCC1. The molecule has 0 radical (unpaired) electrons. The maximum Gasteiger partial charge on any atom is 0.0228 e. The van der Waals surface area contributed by atoms with Gasteiger partial charge in [0.2, 0.25) is 0 Å². The second kappa shape index (κ2) is 17.1. The Morgan fingerprint density at radius 2 is 1.85 bits per heavy atom. The van der Waals surface area contributed by atoms with Crippen LogP contribution in [-0.2, 0) is 0 Å². The van der Waals surface area contributed by atoms with E-state index < -0.39 is 0 Å². The van der Waals surface area contributed by atoms with E-state index in [0.717, 1.165) is 18.1 Å². The average molecular weight is 303 g/mol. The van der Waals surface area contributed by atoms with Crippen LogP contribution < -0.4 is 5.73 Å². The fraction of sp³-hybridized carbons (Fsp3) is 0.882. The van der Waals surface area contributed by atoms with E-state index in [9.17, 15) is 0 Å². The molecule has 1 heterocycles. The minimum absolute atomic E-state index is 0.197. The topological polar surface area (TPSA) is 29.3 Å². The monoisotopic (exact) mass is 302 g/mol. The molecule has 0 aliphatic carbocycles. The summed E-state index contributed by atoms with van der Waals surface area (Å²) in [5.74, 6) is 2.03. The lowest BCUT2D eigenvalue weighted by atomic mass is 10.1. The summed E-state index contributed by atoms with van der Waals surface area (Å²) in [6.45, 7) is 16.2. The van der Waals surface area contributed by atoms with Crippen LogP contribution in [0.25, 0.3) is 0 Å². The van der Waals surface area contributed by atoms with Gasteiger partial charge < -0.3 is 10.6 Å². The van der Waals surface area contributed by atoms with E-state index >= 15 is 0 Å². The molecule has 0 saturated carbocycles. The van der Waals surface area contributed by atoms with Gasteiger partial charge in [0.25, 0.3) is 0 Å². The lowest BCUT2D eigenvalue weighted by Crippen LogP contribution is -2.24. The Balaban J connectivity index is 0. The van der Waals surface area contributed by atoms with Crippen molar-refractivity contribution in [1.29, 1.82) is 0 Å². The normalized spacial score (nSPS) is 17.3. The summed E-state index contributed by atoms with van der Waals surface area (Å²) in [6, 6.07) is 0.197. The van der Waals surface area contributed by atoms with E-state index in [-0.39, 0.29) is 6.04 Å². The first-order chi connectivity index (χ1) is 9.63. The number of hydrogen-bond acceptors (Lipinski definition) is 3. The number of thioether (sulfide) groups is 1. The van der Waals surface area contributed by atoms with E-state index in [4.69, 9.17) is 5.73 Å². The lowest BCUT2D eigenvalue weighted by Gasteiger charge is -2.18. The molecule has 2 nitrogen and oxygen atoms in total. The Labute approximate surface area is 132 Å². The first-order valence-electron chi connectivity index (χ1n) is 8.23. The van der Waals surface area contributed by atoms with Gasteiger partial charge in [0.15, 0.2) is 0 Å². The minimum Gasteiger partial charge on any atom is -0.324 e. The smallest absolute Gasteiger partial charge is 0.0228 e. The van der Waals surface area contributed by atoms with Crippen LogP contribution in [0.4, 0.5) is 0 Å². The molecular formula is C17H38N2S. The first-order valence-corrected chi connectivity index (χ1v) is 9.62. The second-order valence-electron chi connectivity index (χ2n) is 5.20. The van der Waals surface area contributed by atoms with Crippen LogP contribution in [-0.4, -0.2) is 42.6 Å². The third kappa shape index (κ3) is 14.4. The predicted molar refractivity (Wildman–Crippen MR) is 97.6 cm³/mol. The summed E-state index contributed by atoms with van der Waals surface area (Å²) in [7, 11) is 0. The number of rotatable bonds is 7. The van der Waals surface area contributed by atoms with Crippen molar-refractivity contribution in [2.75, 3.05) is 31.6 Å². The fourth-order valence-corrected chi connectivity index (χ4v) is 2.41. The molecule has 3 heteroatoms. The highest BCUT2D eigenvalue weighted by molar-refractivity contribution is 7.98. The molecule has 122 valence electrons. The van der Waals surface area contributed by atoms with Gasteiger partial charge in [0.05, 0.1) is 0 Å². The van der Waals surface area contributed by atoms with Crippen molar-refractivity contribution in [2.24, 2.45) is 11.7 Å². The highest BCUT2D eigenvalue weighted by atomic mass is 32.2. The van der Waals surface area contributed by atoms with Gasteiger partial charge in [0.1, 0.15) is 0 Å². The van der Waals surface area contributed by atoms with Gasteiger partial charge in [-0.2, -0.15) is 11.8 Å². The molecule has 1 fully saturated rings. The molecule has 0 amide bonds. The average Bonchev–Trinajstić information content (AvgIpc) is 3.00. The number of hydrogen-bond donors (Lipinski definition) is 1. The molecule has 1 rings (SSSR count). The Hall–Kier alpha value is 0.01000. The van der Waals surface area contributed by atoms with Crippen LogP contribution in [0.5, 0.6) is 0 Å². The number of nitrogens with two attached hydrogens (primary N) is 1. The van der Waals surface area contributed by atoms with Crippen molar-refractivity contribution >= 4 is 11.8 Å². The third-order valence-electron chi connectivity index (χ3n) is 3.42. The second-order valence-corrected chi connectivity index (χ2v) is 6.19. The van der Waals surface area contributed by atoms with E-state index in [1.54, 1.807) is 6.08 Å².